The van der Waals surface area contributed by atoms with Crippen LogP contribution in [0, 0.1) is 5.41 Å². The summed E-state index contributed by atoms with van der Waals surface area (Å²) in [5, 5.41) is 25.3. The van der Waals surface area contributed by atoms with Gasteiger partial charge in [0.05, 0.1) is 6.04 Å². The van der Waals surface area contributed by atoms with Crippen LogP contribution in [-0.2, 0) is 29.1 Å². The van der Waals surface area contributed by atoms with Crippen molar-refractivity contribution in [2.24, 2.45) is 11.5 Å². The number of nitrogens with two attached hydrogens (primary N) is 2. The molecule has 0 saturated heterocycles. The molecule has 0 spiro atoms. The Labute approximate surface area is 273 Å². The van der Waals surface area contributed by atoms with Gasteiger partial charge in [-0.15, -0.1) is 0 Å². The molecule has 2 amide bonds. The van der Waals surface area contributed by atoms with E-state index in [-0.39, 0.29) is 17.8 Å². The first kappa shape index (κ1) is 34.9. The molecule has 3 aromatic carbocycles. The summed E-state index contributed by atoms with van der Waals surface area (Å²) in [6, 6.07) is 21.5. The van der Waals surface area contributed by atoms with Crippen molar-refractivity contribution in [2.75, 3.05) is 19.6 Å². The molecule has 0 radical (unpaired) electrons. The third-order valence-corrected chi connectivity index (χ3v) is 8.62. The maximum Gasteiger partial charge on any atom is 0.243 e. The van der Waals surface area contributed by atoms with Crippen LogP contribution in [0.1, 0.15) is 68.1 Å². The smallest absolute Gasteiger partial charge is 0.243 e. The molecule has 1 saturated carbocycles. The molecule has 46 heavy (non-hydrogen) atoms. The Kier molecular flexibility index (Phi) is 14.3. The average Bonchev–Trinajstić information content (AvgIpc) is 3.07. The van der Waals surface area contributed by atoms with Crippen LogP contribution in [0.4, 0.5) is 0 Å². The van der Waals surface area contributed by atoms with Gasteiger partial charge in [0.25, 0.3) is 0 Å². The van der Waals surface area contributed by atoms with Crippen molar-refractivity contribution in [1.29, 1.82) is 5.41 Å². The van der Waals surface area contributed by atoms with Gasteiger partial charge in [0.2, 0.25) is 11.8 Å². The SMILES string of the molecule is N=C(N)NCCC[C@H](N)C(=O)N[C@@H](Cc1ccc2ccccc2c1)C(=O)NCc1ccc(CNCCCNC2CCCCC2)cc1. The number of guanidine groups is 1. The molecular formula is C36H52N8O2. The lowest BCUT2D eigenvalue weighted by Gasteiger charge is -2.22. The van der Waals surface area contributed by atoms with Gasteiger partial charge in [-0.3, -0.25) is 15.0 Å². The standard InChI is InChI=1S/C36H52N8O2/c37-32(12-6-20-42-36(38)39)34(45)44-33(23-28-17-18-29-8-4-5-9-30(29)22-28)35(46)43-25-27-15-13-26(14-16-27)24-40-19-7-21-41-31-10-2-1-3-11-31/h4-5,8-9,13-18,22,31-33,40-41H,1-3,6-7,10-12,19-21,23-25,37H2,(H,43,46)(H,44,45)(H4,38,39,42)/t32-,33-/m0/s1. The first-order chi connectivity index (χ1) is 22.4. The number of hydrogen-bond acceptors (Lipinski definition) is 6. The van der Waals surface area contributed by atoms with E-state index in [1.165, 1.54) is 37.7 Å². The molecule has 10 heteroatoms. The van der Waals surface area contributed by atoms with E-state index < -0.39 is 12.1 Å². The summed E-state index contributed by atoms with van der Waals surface area (Å²) < 4.78 is 0. The number of rotatable bonds is 18. The second kappa shape index (κ2) is 18.9. The minimum absolute atomic E-state index is 0.121. The number of carbonyl (C=O) groups is 2. The van der Waals surface area contributed by atoms with E-state index >= 15 is 0 Å². The molecule has 10 N–H and O–H groups in total. The number of amides is 2. The molecule has 1 fully saturated rings. The fourth-order valence-electron chi connectivity index (χ4n) is 5.91. The van der Waals surface area contributed by atoms with Crippen LogP contribution in [0.25, 0.3) is 10.8 Å². The van der Waals surface area contributed by atoms with Crippen molar-refractivity contribution in [3.05, 3.63) is 83.4 Å². The molecule has 0 bridgehead atoms. The summed E-state index contributed by atoms with van der Waals surface area (Å²) in [7, 11) is 0. The van der Waals surface area contributed by atoms with E-state index in [0.29, 0.717) is 38.4 Å². The Bertz CT molecular complexity index is 1390. The number of hydrogen-bond donors (Lipinski definition) is 8. The molecule has 1 aliphatic carbocycles. The van der Waals surface area contributed by atoms with Crippen molar-refractivity contribution in [3.8, 4) is 0 Å². The highest BCUT2D eigenvalue weighted by Gasteiger charge is 2.24. The topological polar surface area (TPSA) is 170 Å². The fraction of sp³-hybridized carbons (Fsp3) is 0.472. The van der Waals surface area contributed by atoms with Crippen LogP contribution in [-0.4, -0.2) is 55.5 Å². The van der Waals surface area contributed by atoms with Crippen molar-refractivity contribution in [2.45, 2.75) is 89.0 Å². The van der Waals surface area contributed by atoms with E-state index in [4.69, 9.17) is 16.9 Å². The summed E-state index contributed by atoms with van der Waals surface area (Å²) >= 11 is 0. The van der Waals surface area contributed by atoms with Crippen molar-refractivity contribution < 1.29 is 9.59 Å². The second-order valence-corrected chi connectivity index (χ2v) is 12.4. The third-order valence-electron chi connectivity index (χ3n) is 8.62. The first-order valence-corrected chi connectivity index (χ1v) is 16.8. The van der Waals surface area contributed by atoms with Gasteiger partial charge in [-0.25, -0.2) is 0 Å². The molecule has 3 aromatic rings. The van der Waals surface area contributed by atoms with Gasteiger partial charge in [0.1, 0.15) is 6.04 Å². The summed E-state index contributed by atoms with van der Waals surface area (Å²) in [6.07, 6.45) is 9.14. The van der Waals surface area contributed by atoms with Crippen LogP contribution in [0.5, 0.6) is 0 Å². The monoisotopic (exact) mass is 628 g/mol. The number of fused-ring (bicyclic) bond motifs is 1. The molecule has 2 atom stereocenters. The van der Waals surface area contributed by atoms with Crippen LogP contribution in [0.3, 0.4) is 0 Å². The predicted octanol–water partition coefficient (Wildman–Crippen LogP) is 3.18. The minimum atomic E-state index is -0.786. The molecular weight excluding hydrogens is 576 g/mol. The molecule has 4 rings (SSSR count). The van der Waals surface area contributed by atoms with Crippen LogP contribution >= 0.6 is 0 Å². The summed E-state index contributed by atoms with van der Waals surface area (Å²) in [5.74, 6) is -0.769. The maximum absolute atomic E-state index is 13.4. The largest absolute Gasteiger partial charge is 0.370 e. The highest BCUT2D eigenvalue weighted by molar-refractivity contribution is 5.90. The van der Waals surface area contributed by atoms with Gasteiger partial charge >= 0.3 is 0 Å². The molecule has 0 unspecified atom stereocenters. The van der Waals surface area contributed by atoms with Gasteiger partial charge in [-0.05, 0) is 72.7 Å². The van der Waals surface area contributed by atoms with E-state index in [0.717, 1.165) is 48.0 Å². The molecule has 0 heterocycles. The van der Waals surface area contributed by atoms with Crippen molar-refractivity contribution >= 4 is 28.5 Å². The summed E-state index contributed by atoms with van der Waals surface area (Å²) in [5.41, 5.74) is 14.6. The van der Waals surface area contributed by atoms with Gasteiger partial charge in [0.15, 0.2) is 5.96 Å². The van der Waals surface area contributed by atoms with Gasteiger partial charge in [-0.1, -0.05) is 86.0 Å². The Morgan fingerprint density at radius 2 is 1.48 bits per heavy atom. The molecule has 1 aliphatic rings. The third kappa shape index (κ3) is 12.1. The Morgan fingerprint density at radius 1 is 0.783 bits per heavy atom. The first-order valence-electron chi connectivity index (χ1n) is 16.8. The molecule has 10 nitrogen and oxygen atoms in total. The highest BCUT2D eigenvalue weighted by Crippen LogP contribution is 2.18. The Hall–Kier alpha value is -3.99. The zero-order valence-electron chi connectivity index (χ0n) is 27.0. The van der Waals surface area contributed by atoms with Crippen molar-refractivity contribution in [1.82, 2.24) is 26.6 Å². The molecule has 248 valence electrons. The number of carbonyl (C=O) groups excluding carboxylic acids is 2. The Balaban J connectivity index is 1.26. The lowest BCUT2D eigenvalue weighted by atomic mass is 9.95. The molecule has 0 aromatic heterocycles. The van der Waals surface area contributed by atoms with E-state index in [2.05, 4.69) is 44.8 Å². The second-order valence-electron chi connectivity index (χ2n) is 12.4. The van der Waals surface area contributed by atoms with Crippen LogP contribution in [0.2, 0.25) is 0 Å². The van der Waals surface area contributed by atoms with Crippen LogP contribution in [0.15, 0.2) is 66.7 Å². The molecule has 0 aliphatic heterocycles. The summed E-state index contributed by atoms with van der Waals surface area (Å²) in [4.78, 5) is 26.4. The van der Waals surface area contributed by atoms with Gasteiger partial charge < -0.3 is 38.1 Å². The maximum atomic E-state index is 13.4. The van der Waals surface area contributed by atoms with Gasteiger partial charge in [0, 0.05) is 32.1 Å². The van der Waals surface area contributed by atoms with Crippen molar-refractivity contribution in [3.63, 3.8) is 0 Å². The Morgan fingerprint density at radius 3 is 2.22 bits per heavy atom. The highest BCUT2D eigenvalue weighted by atomic mass is 16.2. The lowest BCUT2D eigenvalue weighted by molar-refractivity contribution is -0.129. The zero-order valence-corrected chi connectivity index (χ0v) is 27.0. The zero-order chi connectivity index (χ0) is 32.6. The lowest BCUT2D eigenvalue weighted by Crippen LogP contribution is -2.52. The normalized spacial score (nSPS) is 14.8. The van der Waals surface area contributed by atoms with Crippen LogP contribution < -0.4 is 38.1 Å². The quantitative estimate of drug-likeness (QED) is 0.0608. The van der Waals surface area contributed by atoms with Gasteiger partial charge in [-0.2, -0.15) is 0 Å². The van der Waals surface area contributed by atoms with E-state index in [1.807, 2.05) is 48.5 Å². The number of nitrogens with one attached hydrogen (secondary N) is 6. The average molecular weight is 629 g/mol. The van der Waals surface area contributed by atoms with E-state index in [1.54, 1.807) is 0 Å². The fourth-order valence-corrected chi connectivity index (χ4v) is 5.91. The number of benzene rings is 3. The predicted molar refractivity (Wildman–Crippen MR) is 186 cm³/mol. The summed E-state index contributed by atoms with van der Waals surface area (Å²) in [6.45, 7) is 3.64. The van der Waals surface area contributed by atoms with E-state index in [9.17, 15) is 9.59 Å². The minimum Gasteiger partial charge on any atom is -0.370 e.